The molecule has 6 rings (SSSR count). The van der Waals surface area contributed by atoms with E-state index in [0.29, 0.717) is 0 Å². The molecule has 32 heavy (non-hydrogen) atoms. The number of rotatable bonds is 3. The van der Waals surface area contributed by atoms with E-state index in [4.69, 9.17) is 0 Å². The van der Waals surface area contributed by atoms with Crippen LogP contribution in [0.4, 0.5) is 0 Å². The Morgan fingerprint density at radius 2 is 0.625 bits per heavy atom. The van der Waals surface area contributed by atoms with Gasteiger partial charge in [-0.05, 0) is 32.3 Å². The fourth-order valence-corrected chi connectivity index (χ4v) is 5.03. The second-order valence-corrected chi connectivity index (χ2v) is 8.26. The van der Waals surface area contributed by atoms with Crippen molar-refractivity contribution in [3.8, 4) is 0 Å². The summed E-state index contributed by atoms with van der Waals surface area (Å²) in [5.74, 6) is 0. The maximum absolute atomic E-state index is 15.5. The third kappa shape index (κ3) is 2.76. The Kier molecular flexibility index (Phi) is 4.31. The smallest absolute Gasteiger partial charge is 0.180 e. The normalized spacial score (nSPS) is 11.9. The first-order chi connectivity index (χ1) is 15.8. The standard InChI is InChI=1S/C31H21O/c32-31(28-19-7-13-22-10-1-4-16-25(22)28,29-20-8-14-23-11-2-5-17-26(23)29)30-21-9-15-24-12-3-6-18-27(24)30/h1-21H. The summed E-state index contributed by atoms with van der Waals surface area (Å²) in [5.41, 5.74) is 0.762. The van der Waals surface area contributed by atoms with Gasteiger partial charge in [0.25, 0.3) is 0 Å². The molecule has 0 atom stereocenters. The van der Waals surface area contributed by atoms with Crippen LogP contribution in [0, 0.1) is 0 Å². The van der Waals surface area contributed by atoms with Crippen LogP contribution < -0.4 is 0 Å². The molecule has 151 valence electrons. The lowest BCUT2D eigenvalue weighted by Crippen LogP contribution is -2.28. The van der Waals surface area contributed by atoms with Gasteiger partial charge in [-0.1, -0.05) is 127 Å². The molecule has 0 aliphatic heterocycles. The van der Waals surface area contributed by atoms with Gasteiger partial charge in [0.15, 0.2) is 5.60 Å². The Bertz CT molecular complexity index is 1390. The van der Waals surface area contributed by atoms with Gasteiger partial charge in [0, 0.05) is 16.7 Å². The molecule has 6 aromatic carbocycles. The highest BCUT2D eigenvalue weighted by Gasteiger charge is 2.39. The van der Waals surface area contributed by atoms with Gasteiger partial charge >= 0.3 is 0 Å². The molecular formula is C31H21O. The van der Waals surface area contributed by atoms with Crippen molar-refractivity contribution in [3.63, 3.8) is 0 Å². The minimum Gasteiger partial charge on any atom is -0.214 e. The van der Waals surface area contributed by atoms with Crippen LogP contribution >= 0.6 is 0 Å². The van der Waals surface area contributed by atoms with Crippen LogP contribution in [-0.4, -0.2) is 0 Å². The van der Waals surface area contributed by atoms with Gasteiger partial charge < -0.3 is 0 Å². The molecule has 1 heteroatoms. The van der Waals surface area contributed by atoms with Crippen LogP contribution in [0.25, 0.3) is 32.3 Å². The van der Waals surface area contributed by atoms with Crippen LogP contribution in [0.1, 0.15) is 16.7 Å². The zero-order chi connectivity index (χ0) is 21.5. The summed E-state index contributed by atoms with van der Waals surface area (Å²) in [7, 11) is 0. The van der Waals surface area contributed by atoms with Gasteiger partial charge in [-0.15, -0.1) is 0 Å². The number of hydrogen-bond donors (Lipinski definition) is 0. The highest BCUT2D eigenvalue weighted by molar-refractivity contribution is 5.95. The van der Waals surface area contributed by atoms with Crippen LogP contribution in [0.2, 0.25) is 0 Å². The van der Waals surface area contributed by atoms with Gasteiger partial charge in [0.2, 0.25) is 0 Å². The van der Waals surface area contributed by atoms with E-state index in [0.717, 1.165) is 49.0 Å². The van der Waals surface area contributed by atoms with Gasteiger partial charge in [-0.25, -0.2) is 5.11 Å². The van der Waals surface area contributed by atoms with Gasteiger partial charge in [-0.2, -0.15) is 0 Å². The molecule has 0 heterocycles. The lowest BCUT2D eigenvalue weighted by atomic mass is 9.75. The van der Waals surface area contributed by atoms with Crippen molar-refractivity contribution in [1.29, 1.82) is 0 Å². The first-order valence-corrected chi connectivity index (χ1v) is 10.9. The maximum atomic E-state index is 15.5. The molecular weight excluding hydrogens is 388 g/mol. The van der Waals surface area contributed by atoms with Crippen molar-refractivity contribution < 1.29 is 5.11 Å². The van der Waals surface area contributed by atoms with E-state index in [9.17, 15) is 0 Å². The van der Waals surface area contributed by atoms with Crippen molar-refractivity contribution in [1.82, 2.24) is 0 Å². The Balaban J connectivity index is 1.81. The predicted octanol–water partition coefficient (Wildman–Crippen LogP) is 7.87. The van der Waals surface area contributed by atoms with E-state index in [1.807, 2.05) is 72.8 Å². The van der Waals surface area contributed by atoms with E-state index in [-0.39, 0.29) is 0 Å². The summed E-state index contributed by atoms with van der Waals surface area (Å²) < 4.78 is 0. The number of benzene rings is 6. The Morgan fingerprint density at radius 3 is 0.969 bits per heavy atom. The van der Waals surface area contributed by atoms with Crippen LogP contribution in [0.3, 0.4) is 0 Å². The molecule has 0 bridgehead atoms. The summed E-state index contributed by atoms with van der Waals surface area (Å²) in [6.45, 7) is 0. The summed E-state index contributed by atoms with van der Waals surface area (Å²) in [5, 5.41) is 21.7. The maximum Gasteiger partial charge on any atom is 0.180 e. The van der Waals surface area contributed by atoms with E-state index < -0.39 is 5.60 Å². The zero-order valence-corrected chi connectivity index (χ0v) is 17.5. The third-order valence-corrected chi connectivity index (χ3v) is 6.51. The third-order valence-electron chi connectivity index (χ3n) is 6.51. The van der Waals surface area contributed by atoms with Crippen molar-refractivity contribution in [2.24, 2.45) is 0 Å². The summed E-state index contributed by atoms with van der Waals surface area (Å²) in [6, 6.07) is 42.7. The molecule has 0 spiro atoms. The van der Waals surface area contributed by atoms with Gasteiger partial charge in [-0.3, -0.25) is 0 Å². The summed E-state index contributed by atoms with van der Waals surface area (Å²) >= 11 is 0. The van der Waals surface area contributed by atoms with E-state index >= 15 is 5.11 Å². The monoisotopic (exact) mass is 409 g/mol. The molecule has 1 radical (unpaired) electrons. The van der Waals surface area contributed by atoms with Crippen LogP contribution in [0.15, 0.2) is 127 Å². The average molecular weight is 410 g/mol. The fraction of sp³-hybridized carbons (Fsp3) is 0.0323. The molecule has 6 aromatic rings. The SMILES string of the molecule is [O]C(c1cccc2ccccc12)(c1cccc2ccccc12)c1cccc2ccccc12. The van der Waals surface area contributed by atoms with Crippen LogP contribution in [0.5, 0.6) is 0 Å². The Hall–Kier alpha value is -3.94. The molecule has 0 fully saturated rings. The van der Waals surface area contributed by atoms with Crippen molar-refractivity contribution in [2.45, 2.75) is 5.60 Å². The molecule has 1 nitrogen and oxygen atoms in total. The van der Waals surface area contributed by atoms with Gasteiger partial charge in [0.1, 0.15) is 0 Å². The average Bonchev–Trinajstić information content (AvgIpc) is 2.87. The topological polar surface area (TPSA) is 19.9 Å². The second kappa shape index (κ2) is 7.33. The second-order valence-electron chi connectivity index (χ2n) is 8.26. The lowest BCUT2D eigenvalue weighted by molar-refractivity contribution is 0.0450. The summed E-state index contributed by atoms with van der Waals surface area (Å²) in [6.07, 6.45) is 0. The highest BCUT2D eigenvalue weighted by Crippen LogP contribution is 2.45. The fourth-order valence-electron chi connectivity index (χ4n) is 5.03. The Morgan fingerprint density at radius 1 is 0.344 bits per heavy atom. The zero-order valence-electron chi connectivity index (χ0n) is 17.5. The molecule has 0 N–H and O–H groups in total. The highest BCUT2D eigenvalue weighted by atomic mass is 16.3. The quantitative estimate of drug-likeness (QED) is 0.265. The van der Waals surface area contributed by atoms with Crippen molar-refractivity contribution in [2.75, 3.05) is 0 Å². The molecule has 0 aromatic heterocycles. The van der Waals surface area contributed by atoms with E-state index in [1.165, 1.54) is 0 Å². The minimum atomic E-state index is -1.58. The number of hydrogen-bond acceptors (Lipinski definition) is 0. The molecule has 0 unspecified atom stereocenters. The van der Waals surface area contributed by atoms with E-state index in [2.05, 4.69) is 54.6 Å². The molecule has 0 amide bonds. The van der Waals surface area contributed by atoms with Crippen molar-refractivity contribution >= 4 is 32.3 Å². The largest absolute Gasteiger partial charge is 0.214 e. The van der Waals surface area contributed by atoms with E-state index in [1.54, 1.807) is 0 Å². The first kappa shape index (κ1) is 18.8. The summed E-state index contributed by atoms with van der Waals surface area (Å²) in [4.78, 5) is 0. The molecule has 0 saturated carbocycles. The molecule has 0 aliphatic carbocycles. The predicted molar refractivity (Wildman–Crippen MR) is 132 cm³/mol. The Labute approximate surface area is 187 Å². The van der Waals surface area contributed by atoms with Crippen molar-refractivity contribution in [3.05, 3.63) is 144 Å². The minimum absolute atomic E-state index is 0.781. The van der Waals surface area contributed by atoms with Gasteiger partial charge in [0.05, 0.1) is 0 Å². The molecule has 0 saturated heterocycles. The number of fused-ring (bicyclic) bond motifs is 3. The first-order valence-electron chi connectivity index (χ1n) is 10.9. The van der Waals surface area contributed by atoms with Crippen LogP contribution in [-0.2, 0) is 10.7 Å². The lowest BCUT2D eigenvalue weighted by Gasteiger charge is -2.31. The molecule has 0 aliphatic rings.